The Morgan fingerprint density at radius 2 is 2.16 bits per heavy atom. The van der Waals surface area contributed by atoms with E-state index in [1.54, 1.807) is 13.2 Å². The molecular weight excluding hydrogens is 245 g/mol. The number of rotatable bonds is 6. The zero-order chi connectivity index (χ0) is 13.8. The van der Waals surface area contributed by atoms with Crippen LogP contribution in [0.5, 0.6) is 5.75 Å². The number of fused-ring (bicyclic) bond motifs is 1. The van der Waals surface area contributed by atoms with Crippen molar-refractivity contribution in [2.75, 3.05) is 27.2 Å². The van der Waals surface area contributed by atoms with Crippen LogP contribution in [0, 0.1) is 5.82 Å². The van der Waals surface area contributed by atoms with E-state index in [0.29, 0.717) is 11.3 Å². The molecule has 0 fully saturated rings. The van der Waals surface area contributed by atoms with Gasteiger partial charge >= 0.3 is 0 Å². The van der Waals surface area contributed by atoms with E-state index in [1.165, 1.54) is 6.07 Å². The van der Waals surface area contributed by atoms with Crippen molar-refractivity contribution in [1.29, 1.82) is 0 Å². The maximum Gasteiger partial charge on any atom is 0.151 e. The van der Waals surface area contributed by atoms with Crippen LogP contribution >= 0.6 is 0 Å². The van der Waals surface area contributed by atoms with Gasteiger partial charge in [0.25, 0.3) is 0 Å². The standard InChI is InChI=1S/C14H20FN3O/c1-4-8-18(2)9-7-11-13-12(19-3)6-5-10(15)14(13)17-16-11/h5-6H,4,7-9H2,1-3H3,(H,16,17). The highest BCUT2D eigenvalue weighted by Crippen LogP contribution is 2.29. The first kappa shape index (κ1) is 13.8. The summed E-state index contributed by atoms with van der Waals surface area (Å²) in [5, 5.41) is 7.74. The highest BCUT2D eigenvalue weighted by molar-refractivity contribution is 5.88. The van der Waals surface area contributed by atoms with Gasteiger partial charge in [-0.2, -0.15) is 5.10 Å². The third kappa shape index (κ3) is 2.87. The molecule has 1 aromatic heterocycles. The van der Waals surface area contributed by atoms with E-state index in [1.807, 2.05) is 0 Å². The van der Waals surface area contributed by atoms with Gasteiger partial charge in [-0.05, 0) is 32.1 Å². The highest BCUT2D eigenvalue weighted by atomic mass is 19.1. The maximum atomic E-state index is 13.7. The molecule has 0 saturated carbocycles. The molecule has 1 N–H and O–H groups in total. The molecule has 19 heavy (non-hydrogen) atoms. The van der Waals surface area contributed by atoms with Gasteiger partial charge in [0, 0.05) is 18.7 Å². The highest BCUT2D eigenvalue weighted by Gasteiger charge is 2.14. The van der Waals surface area contributed by atoms with Crippen LogP contribution in [0.3, 0.4) is 0 Å². The van der Waals surface area contributed by atoms with Crippen molar-refractivity contribution in [2.45, 2.75) is 19.8 Å². The Morgan fingerprint density at radius 1 is 1.37 bits per heavy atom. The normalized spacial score (nSPS) is 11.4. The lowest BCUT2D eigenvalue weighted by molar-refractivity contribution is 0.338. The minimum atomic E-state index is -0.319. The molecule has 0 aliphatic heterocycles. The van der Waals surface area contributed by atoms with Gasteiger partial charge in [-0.25, -0.2) is 4.39 Å². The molecule has 0 bridgehead atoms. The van der Waals surface area contributed by atoms with Crippen molar-refractivity contribution in [3.8, 4) is 5.75 Å². The molecular formula is C14H20FN3O. The predicted octanol–water partition coefficient (Wildman–Crippen LogP) is 2.59. The third-order valence-corrected chi connectivity index (χ3v) is 3.26. The van der Waals surface area contributed by atoms with E-state index >= 15 is 0 Å². The van der Waals surface area contributed by atoms with Crippen molar-refractivity contribution in [3.63, 3.8) is 0 Å². The minimum absolute atomic E-state index is 0.319. The fraction of sp³-hybridized carbons (Fsp3) is 0.500. The molecule has 0 saturated heterocycles. The molecule has 104 valence electrons. The Labute approximate surface area is 112 Å². The SMILES string of the molecule is CCCN(C)CCc1[nH]nc2c(F)ccc(OC)c12. The fourth-order valence-electron chi connectivity index (χ4n) is 2.27. The zero-order valence-electron chi connectivity index (χ0n) is 11.7. The Hall–Kier alpha value is -1.62. The molecule has 2 rings (SSSR count). The van der Waals surface area contributed by atoms with Crippen molar-refractivity contribution >= 4 is 10.9 Å². The number of H-pyrrole nitrogens is 1. The van der Waals surface area contributed by atoms with Gasteiger partial charge in [0.2, 0.25) is 0 Å². The molecule has 5 heteroatoms. The number of nitrogens with zero attached hydrogens (tertiary/aromatic N) is 2. The van der Waals surface area contributed by atoms with Crippen LogP contribution in [0.15, 0.2) is 12.1 Å². The summed E-state index contributed by atoms with van der Waals surface area (Å²) in [5.41, 5.74) is 1.28. The summed E-state index contributed by atoms with van der Waals surface area (Å²) in [6.07, 6.45) is 1.92. The Balaban J connectivity index is 2.26. The van der Waals surface area contributed by atoms with Crippen molar-refractivity contribution < 1.29 is 9.13 Å². The summed E-state index contributed by atoms with van der Waals surface area (Å²) < 4.78 is 19.0. The maximum absolute atomic E-state index is 13.7. The molecule has 0 unspecified atom stereocenters. The van der Waals surface area contributed by atoms with Crippen LogP contribution in [0.2, 0.25) is 0 Å². The largest absolute Gasteiger partial charge is 0.496 e. The smallest absolute Gasteiger partial charge is 0.151 e. The molecule has 1 heterocycles. The summed E-state index contributed by atoms with van der Waals surface area (Å²) >= 11 is 0. The lowest BCUT2D eigenvalue weighted by atomic mass is 10.1. The van der Waals surface area contributed by atoms with Crippen LogP contribution in [0.25, 0.3) is 10.9 Å². The second-order valence-corrected chi connectivity index (χ2v) is 4.73. The second-order valence-electron chi connectivity index (χ2n) is 4.73. The number of hydrogen-bond donors (Lipinski definition) is 1. The van der Waals surface area contributed by atoms with Crippen molar-refractivity contribution in [3.05, 3.63) is 23.6 Å². The quantitative estimate of drug-likeness (QED) is 0.873. The molecule has 0 aliphatic rings. The van der Waals surface area contributed by atoms with Crippen LogP contribution in [-0.2, 0) is 6.42 Å². The summed E-state index contributed by atoms with van der Waals surface area (Å²) in [4.78, 5) is 2.25. The molecule has 4 nitrogen and oxygen atoms in total. The Kier molecular flexibility index (Phi) is 4.37. The van der Waals surface area contributed by atoms with E-state index in [-0.39, 0.29) is 5.82 Å². The second kappa shape index (κ2) is 6.02. The number of ether oxygens (including phenoxy) is 1. The fourth-order valence-corrected chi connectivity index (χ4v) is 2.27. The van der Waals surface area contributed by atoms with E-state index in [4.69, 9.17) is 4.74 Å². The lowest BCUT2D eigenvalue weighted by Gasteiger charge is -2.14. The summed E-state index contributed by atoms with van der Waals surface area (Å²) in [6.45, 7) is 4.11. The number of benzene rings is 1. The lowest BCUT2D eigenvalue weighted by Crippen LogP contribution is -2.22. The number of nitrogens with one attached hydrogen (secondary N) is 1. The Morgan fingerprint density at radius 3 is 2.84 bits per heavy atom. The van der Waals surface area contributed by atoms with Gasteiger partial charge in [0.05, 0.1) is 12.5 Å². The first-order valence-corrected chi connectivity index (χ1v) is 6.55. The van der Waals surface area contributed by atoms with Crippen molar-refractivity contribution in [1.82, 2.24) is 15.1 Å². The number of aromatic amines is 1. The first-order valence-electron chi connectivity index (χ1n) is 6.55. The van der Waals surface area contributed by atoms with Crippen LogP contribution in [-0.4, -0.2) is 42.3 Å². The van der Waals surface area contributed by atoms with Gasteiger partial charge in [0.1, 0.15) is 11.3 Å². The topological polar surface area (TPSA) is 41.2 Å². The van der Waals surface area contributed by atoms with Gasteiger partial charge in [-0.1, -0.05) is 6.92 Å². The number of methoxy groups -OCH3 is 1. The predicted molar refractivity (Wildman–Crippen MR) is 74.1 cm³/mol. The molecule has 1 aromatic carbocycles. The summed E-state index contributed by atoms with van der Waals surface area (Å²) in [6, 6.07) is 3.03. The average Bonchev–Trinajstić information content (AvgIpc) is 2.82. The Bertz CT molecular complexity index is 553. The number of aromatic nitrogens is 2. The van der Waals surface area contributed by atoms with E-state index in [9.17, 15) is 4.39 Å². The number of halogens is 1. The monoisotopic (exact) mass is 265 g/mol. The minimum Gasteiger partial charge on any atom is -0.496 e. The van der Waals surface area contributed by atoms with Crippen LogP contribution in [0.4, 0.5) is 4.39 Å². The van der Waals surface area contributed by atoms with Crippen LogP contribution in [0.1, 0.15) is 19.0 Å². The molecule has 0 radical (unpaired) electrons. The first-order chi connectivity index (χ1) is 9.17. The van der Waals surface area contributed by atoms with Crippen LogP contribution < -0.4 is 4.74 Å². The molecule has 0 amide bonds. The zero-order valence-corrected chi connectivity index (χ0v) is 11.7. The van der Waals surface area contributed by atoms with Crippen molar-refractivity contribution in [2.24, 2.45) is 0 Å². The molecule has 2 aromatic rings. The summed E-state index contributed by atoms with van der Waals surface area (Å²) in [7, 11) is 3.67. The molecule has 0 atom stereocenters. The van der Waals surface area contributed by atoms with Gasteiger partial charge in [-0.15, -0.1) is 0 Å². The van der Waals surface area contributed by atoms with Gasteiger partial charge in [-0.3, -0.25) is 5.10 Å². The molecule has 0 spiro atoms. The van der Waals surface area contributed by atoms with E-state index in [0.717, 1.165) is 37.0 Å². The van der Waals surface area contributed by atoms with E-state index in [2.05, 4.69) is 29.1 Å². The number of hydrogen-bond acceptors (Lipinski definition) is 3. The molecule has 0 aliphatic carbocycles. The van der Waals surface area contributed by atoms with Gasteiger partial charge < -0.3 is 9.64 Å². The summed E-state index contributed by atoms with van der Waals surface area (Å²) in [5.74, 6) is 0.346. The third-order valence-electron chi connectivity index (χ3n) is 3.26. The number of likely N-dealkylation sites (N-methyl/N-ethyl adjacent to an activating group) is 1. The average molecular weight is 265 g/mol. The van der Waals surface area contributed by atoms with E-state index < -0.39 is 0 Å². The van der Waals surface area contributed by atoms with Gasteiger partial charge in [0.15, 0.2) is 5.82 Å².